The maximum absolute atomic E-state index is 13.7. The first kappa shape index (κ1) is 17.0. The first-order valence-corrected chi connectivity index (χ1v) is 7.46. The van der Waals surface area contributed by atoms with Crippen LogP contribution in [0.15, 0.2) is 30.0 Å². The Kier molecular flexibility index (Phi) is 5.03. The number of aliphatic carboxylic acids is 1. The lowest BCUT2D eigenvalue weighted by Gasteiger charge is -2.25. The molecule has 124 valence electrons. The predicted molar refractivity (Wildman–Crippen MR) is 82.4 cm³/mol. The van der Waals surface area contributed by atoms with E-state index in [4.69, 9.17) is 4.74 Å². The lowest BCUT2D eigenvalue weighted by Crippen LogP contribution is -2.43. The van der Waals surface area contributed by atoms with Gasteiger partial charge in [0, 0.05) is 6.08 Å². The third kappa shape index (κ3) is 4.09. The van der Waals surface area contributed by atoms with Crippen LogP contribution in [-0.4, -0.2) is 34.5 Å². The summed E-state index contributed by atoms with van der Waals surface area (Å²) in [5.41, 5.74) is 0.825. The first-order valence-electron chi connectivity index (χ1n) is 7.46. The summed E-state index contributed by atoms with van der Waals surface area (Å²) >= 11 is 0. The molecule has 1 atom stereocenters. The number of carboxylic acid groups (broad SMARTS) is 1. The minimum absolute atomic E-state index is 0.0237. The number of ether oxygens (including phenoxy) is 1. The molecule has 1 N–H and O–H groups in total. The van der Waals surface area contributed by atoms with Crippen LogP contribution < -0.4 is 4.74 Å². The molecule has 1 unspecified atom stereocenters. The topological polar surface area (TPSA) is 66.8 Å². The Hall–Kier alpha value is -2.37. The van der Waals surface area contributed by atoms with Crippen molar-refractivity contribution in [3.63, 3.8) is 0 Å². The summed E-state index contributed by atoms with van der Waals surface area (Å²) < 4.78 is 19.2. The van der Waals surface area contributed by atoms with E-state index in [1.165, 1.54) is 23.1 Å². The van der Waals surface area contributed by atoms with E-state index in [0.29, 0.717) is 6.42 Å². The molecule has 0 saturated heterocycles. The third-order valence-corrected chi connectivity index (χ3v) is 3.58. The Morgan fingerprint density at radius 3 is 2.74 bits per heavy atom. The molecule has 1 amide bonds. The third-order valence-electron chi connectivity index (χ3n) is 3.58. The van der Waals surface area contributed by atoms with Gasteiger partial charge in [-0.3, -0.25) is 4.79 Å². The van der Waals surface area contributed by atoms with Crippen LogP contribution in [0.3, 0.4) is 0 Å². The molecule has 6 heteroatoms. The number of halogens is 1. The second-order valence-electron chi connectivity index (χ2n) is 6.10. The van der Waals surface area contributed by atoms with Gasteiger partial charge in [-0.05, 0) is 37.0 Å². The molecular formula is C17H20FNO4. The summed E-state index contributed by atoms with van der Waals surface area (Å²) in [6.45, 7) is 5.61. The van der Waals surface area contributed by atoms with Gasteiger partial charge in [0.25, 0.3) is 5.91 Å². The van der Waals surface area contributed by atoms with Crippen molar-refractivity contribution in [2.75, 3.05) is 6.54 Å². The fourth-order valence-corrected chi connectivity index (χ4v) is 2.48. The zero-order valence-electron chi connectivity index (χ0n) is 13.4. The van der Waals surface area contributed by atoms with Gasteiger partial charge in [0.05, 0.1) is 6.54 Å². The first-order chi connectivity index (χ1) is 10.8. The Balaban J connectivity index is 2.13. The number of benzene rings is 1. The number of aryl methyl sites for hydroxylation is 1. The Morgan fingerprint density at radius 1 is 1.43 bits per heavy atom. The molecule has 1 aromatic carbocycles. The van der Waals surface area contributed by atoms with Crippen LogP contribution in [0, 0.1) is 18.7 Å². The summed E-state index contributed by atoms with van der Waals surface area (Å²) in [6, 6.07) is 3.53. The fraction of sp³-hybridized carbons (Fsp3) is 0.412. The molecular weight excluding hydrogens is 301 g/mol. The van der Waals surface area contributed by atoms with Crippen LogP contribution in [0.1, 0.15) is 25.8 Å². The standard InChI is InChI=1S/C17H20FNO4/c1-10(2)6-14(17(21)22)19-9-12(8-16(19)20)23-15-7-11(3)4-5-13(15)18/h4-5,7-8,10,14H,6,9H2,1-3H3,(H,21,22). The predicted octanol–water partition coefficient (Wildman–Crippen LogP) is 2.74. The average molecular weight is 321 g/mol. The van der Waals surface area contributed by atoms with E-state index in [2.05, 4.69) is 0 Å². The lowest BCUT2D eigenvalue weighted by molar-refractivity contribution is -0.148. The highest BCUT2D eigenvalue weighted by molar-refractivity contribution is 5.94. The Bertz CT molecular complexity index is 654. The van der Waals surface area contributed by atoms with E-state index in [0.717, 1.165) is 5.56 Å². The van der Waals surface area contributed by atoms with Gasteiger partial charge < -0.3 is 14.7 Å². The van der Waals surface area contributed by atoms with Crippen LogP contribution >= 0.6 is 0 Å². The number of hydrogen-bond donors (Lipinski definition) is 1. The SMILES string of the molecule is Cc1ccc(F)c(OC2=CC(=O)N(C(CC(C)C)C(=O)O)C2)c1. The van der Waals surface area contributed by atoms with Gasteiger partial charge in [0.2, 0.25) is 0 Å². The number of rotatable bonds is 6. The normalized spacial score (nSPS) is 15.8. The van der Waals surface area contributed by atoms with E-state index in [1.807, 2.05) is 13.8 Å². The molecule has 2 rings (SSSR count). The lowest BCUT2D eigenvalue weighted by atomic mass is 10.0. The Labute approximate surface area is 134 Å². The summed E-state index contributed by atoms with van der Waals surface area (Å²) in [4.78, 5) is 24.7. The zero-order chi connectivity index (χ0) is 17.1. The Morgan fingerprint density at radius 2 is 2.13 bits per heavy atom. The largest absolute Gasteiger partial charge is 0.480 e. The van der Waals surface area contributed by atoms with Gasteiger partial charge in [0.1, 0.15) is 11.8 Å². The maximum Gasteiger partial charge on any atom is 0.326 e. The van der Waals surface area contributed by atoms with Crippen LogP contribution in [0.5, 0.6) is 5.75 Å². The maximum atomic E-state index is 13.7. The highest BCUT2D eigenvalue weighted by atomic mass is 19.1. The quantitative estimate of drug-likeness (QED) is 0.875. The van der Waals surface area contributed by atoms with Crippen LogP contribution in [0.2, 0.25) is 0 Å². The van der Waals surface area contributed by atoms with Crippen molar-refractivity contribution >= 4 is 11.9 Å². The number of carboxylic acids is 1. The van der Waals surface area contributed by atoms with Crippen LogP contribution in [-0.2, 0) is 9.59 Å². The smallest absolute Gasteiger partial charge is 0.326 e. The van der Waals surface area contributed by atoms with Crippen LogP contribution in [0.25, 0.3) is 0 Å². The van der Waals surface area contributed by atoms with E-state index >= 15 is 0 Å². The van der Waals surface area contributed by atoms with Crippen molar-refractivity contribution < 1.29 is 23.8 Å². The molecule has 0 saturated carbocycles. The number of carbonyl (C=O) groups excluding carboxylic acids is 1. The van der Waals surface area contributed by atoms with Crippen molar-refractivity contribution in [1.82, 2.24) is 4.90 Å². The molecule has 0 aliphatic carbocycles. The summed E-state index contributed by atoms with van der Waals surface area (Å²) in [6.07, 6.45) is 1.57. The second kappa shape index (κ2) is 6.81. The van der Waals surface area contributed by atoms with Gasteiger partial charge in [-0.1, -0.05) is 19.9 Å². The van der Waals surface area contributed by atoms with E-state index in [9.17, 15) is 19.1 Å². The van der Waals surface area contributed by atoms with Gasteiger partial charge in [-0.15, -0.1) is 0 Å². The molecule has 0 aromatic heterocycles. The molecule has 0 fully saturated rings. The van der Waals surface area contributed by atoms with Gasteiger partial charge in [0.15, 0.2) is 11.6 Å². The molecule has 1 aliphatic heterocycles. The molecule has 1 heterocycles. The fourth-order valence-electron chi connectivity index (χ4n) is 2.48. The van der Waals surface area contributed by atoms with Crippen LogP contribution in [0.4, 0.5) is 4.39 Å². The highest BCUT2D eigenvalue weighted by Crippen LogP contribution is 2.25. The number of amides is 1. The van der Waals surface area contributed by atoms with Gasteiger partial charge >= 0.3 is 5.97 Å². The average Bonchev–Trinajstić information content (AvgIpc) is 2.80. The number of nitrogens with zero attached hydrogens (tertiary/aromatic N) is 1. The molecule has 5 nitrogen and oxygen atoms in total. The minimum Gasteiger partial charge on any atom is -0.480 e. The molecule has 23 heavy (non-hydrogen) atoms. The summed E-state index contributed by atoms with van der Waals surface area (Å²) in [7, 11) is 0. The summed E-state index contributed by atoms with van der Waals surface area (Å²) in [5.74, 6) is -1.61. The molecule has 0 spiro atoms. The van der Waals surface area contributed by atoms with E-state index in [1.54, 1.807) is 13.0 Å². The van der Waals surface area contributed by atoms with Crippen molar-refractivity contribution in [2.45, 2.75) is 33.2 Å². The number of carbonyl (C=O) groups is 2. The van der Waals surface area contributed by atoms with Crippen molar-refractivity contribution in [3.8, 4) is 5.75 Å². The van der Waals surface area contributed by atoms with Gasteiger partial charge in [-0.25, -0.2) is 9.18 Å². The number of hydrogen-bond acceptors (Lipinski definition) is 3. The van der Waals surface area contributed by atoms with Crippen molar-refractivity contribution in [2.24, 2.45) is 5.92 Å². The molecule has 0 radical (unpaired) electrons. The molecule has 0 bridgehead atoms. The minimum atomic E-state index is -1.05. The molecule has 1 aliphatic rings. The highest BCUT2D eigenvalue weighted by Gasteiger charge is 2.34. The van der Waals surface area contributed by atoms with Crippen molar-refractivity contribution in [1.29, 1.82) is 0 Å². The second-order valence-corrected chi connectivity index (χ2v) is 6.10. The summed E-state index contributed by atoms with van der Waals surface area (Å²) in [5, 5.41) is 9.34. The van der Waals surface area contributed by atoms with Crippen molar-refractivity contribution in [3.05, 3.63) is 41.4 Å². The van der Waals surface area contributed by atoms with Gasteiger partial charge in [-0.2, -0.15) is 0 Å². The monoisotopic (exact) mass is 321 g/mol. The van der Waals surface area contributed by atoms with E-state index < -0.39 is 23.7 Å². The van der Waals surface area contributed by atoms with E-state index in [-0.39, 0.29) is 24.0 Å². The molecule has 1 aromatic rings. The zero-order valence-corrected chi connectivity index (χ0v) is 13.4.